The van der Waals surface area contributed by atoms with Crippen LogP contribution < -0.4 is 11.3 Å². The molecule has 0 saturated heterocycles. The molecule has 0 rings (SSSR count). The number of hydrogen-bond donors (Lipinski definition) is 2. The molecule has 3 N–H and O–H groups in total. The Morgan fingerprint density at radius 3 is 2.19 bits per heavy atom. The molecule has 3 nitrogen and oxygen atoms in total. The molecule has 0 radical (unpaired) electrons. The number of ether oxygens (including phenoxy) is 1. The standard InChI is InChI=1S/C13H30N2O/c1-3-5-6-7-8-9-10-11-13(15-14)12-16-4-2/h13,15H,3-12,14H2,1-2H3. The van der Waals surface area contributed by atoms with Gasteiger partial charge in [-0.15, -0.1) is 0 Å². The van der Waals surface area contributed by atoms with Gasteiger partial charge in [0, 0.05) is 12.6 Å². The van der Waals surface area contributed by atoms with Crippen molar-refractivity contribution < 1.29 is 4.74 Å². The Hall–Kier alpha value is -0.120. The zero-order chi connectivity index (χ0) is 12.1. The zero-order valence-corrected chi connectivity index (χ0v) is 11.1. The van der Waals surface area contributed by atoms with Gasteiger partial charge in [0.25, 0.3) is 0 Å². The van der Waals surface area contributed by atoms with E-state index in [0.717, 1.165) is 19.6 Å². The van der Waals surface area contributed by atoms with Gasteiger partial charge in [0.1, 0.15) is 0 Å². The Labute approximate surface area is 101 Å². The quantitative estimate of drug-likeness (QED) is 0.308. The average Bonchev–Trinajstić information content (AvgIpc) is 2.32. The van der Waals surface area contributed by atoms with E-state index in [1.165, 1.54) is 44.9 Å². The fraction of sp³-hybridized carbons (Fsp3) is 1.00. The van der Waals surface area contributed by atoms with Crippen LogP contribution in [-0.2, 0) is 4.74 Å². The predicted octanol–water partition coefficient (Wildman–Crippen LogP) is 3.00. The summed E-state index contributed by atoms with van der Waals surface area (Å²) in [5, 5.41) is 0. The number of nitrogens with two attached hydrogens (primary N) is 1. The highest BCUT2D eigenvalue weighted by atomic mass is 16.5. The first-order valence-corrected chi connectivity index (χ1v) is 6.89. The number of unbranched alkanes of at least 4 members (excludes halogenated alkanes) is 6. The second kappa shape index (κ2) is 12.9. The number of hydrogen-bond acceptors (Lipinski definition) is 3. The molecule has 98 valence electrons. The van der Waals surface area contributed by atoms with E-state index in [9.17, 15) is 0 Å². The number of nitrogens with one attached hydrogen (secondary N) is 1. The van der Waals surface area contributed by atoms with Crippen molar-refractivity contribution >= 4 is 0 Å². The van der Waals surface area contributed by atoms with Crippen LogP contribution in [0.2, 0.25) is 0 Å². The molecule has 0 aliphatic rings. The first-order valence-electron chi connectivity index (χ1n) is 6.89. The summed E-state index contributed by atoms with van der Waals surface area (Å²) in [5.74, 6) is 5.46. The molecule has 1 unspecified atom stereocenters. The molecule has 0 aliphatic heterocycles. The molecule has 0 bridgehead atoms. The van der Waals surface area contributed by atoms with E-state index in [4.69, 9.17) is 10.6 Å². The summed E-state index contributed by atoms with van der Waals surface area (Å²) in [6.45, 7) is 5.78. The summed E-state index contributed by atoms with van der Waals surface area (Å²) in [5.41, 5.74) is 2.82. The number of rotatable bonds is 12. The van der Waals surface area contributed by atoms with Crippen molar-refractivity contribution in [3.05, 3.63) is 0 Å². The van der Waals surface area contributed by atoms with Crippen molar-refractivity contribution in [2.45, 2.75) is 71.3 Å². The lowest BCUT2D eigenvalue weighted by Crippen LogP contribution is -2.38. The highest BCUT2D eigenvalue weighted by molar-refractivity contribution is 4.62. The highest BCUT2D eigenvalue weighted by Crippen LogP contribution is 2.09. The monoisotopic (exact) mass is 230 g/mol. The Balaban J connectivity index is 3.20. The van der Waals surface area contributed by atoms with Crippen molar-refractivity contribution in [1.82, 2.24) is 5.43 Å². The van der Waals surface area contributed by atoms with Gasteiger partial charge >= 0.3 is 0 Å². The molecule has 0 fully saturated rings. The molecule has 0 aliphatic carbocycles. The first kappa shape index (κ1) is 15.9. The SMILES string of the molecule is CCCCCCCCCC(COCC)NN. The molecular formula is C13H30N2O. The molecule has 0 saturated carbocycles. The van der Waals surface area contributed by atoms with E-state index >= 15 is 0 Å². The van der Waals surface area contributed by atoms with Gasteiger partial charge in [-0.2, -0.15) is 0 Å². The Bertz CT molecular complexity index is 131. The lowest BCUT2D eigenvalue weighted by atomic mass is 10.1. The molecule has 3 heteroatoms. The van der Waals surface area contributed by atoms with Gasteiger partial charge in [-0.05, 0) is 13.3 Å². The minimum Gasteiger partial charge on any atom is -0.380 e. The van der Waals surface area contributed by atoms with Gasteiger partial charge < -0.3 is 4.74 Å². The second-order valence-corrected chi connectivity index (χ2v) is 4.43. The minimum absolute atomic E-state index is 0.329. The highest BCUT2D eigenvalue weighted by Gasteiger charge is 2.05. The molecule has 0 amide bonds. The van der Waals surface area contributed by atoms with Crippen LogP contribution in [-0.4, -0.2) is 19.3 Å². The minimum atomic E-state index is 0.329. The smallest absolute Gasteiger partial charge is 0.0632 e. The summed E-state index contributed by atoms with van der Waals surface area (Å²) >= 11 is 0. The van der Waals surface area contributed by atoms with E-state index in [1.807, 2.05) is 6.92 Å². The van der Waals surface area contributed by atoms with Gasteiger partial charge in [-0.1, -0.05) is 51.9 Å². The number of hydrazine groups is 1. The van der Waals surface area contributed by atoms with E-state index in [1.54, 1.807) is 0 Å². The summed E-state index contributed by atoms with van der Waals surface area (Å²) in [6, 6.07) is 0.329. The maximum absolute atomic E-state index is 5.46. The molecule has 1 atom stereocenters. The van der Waals surface area contributed by atoms with E-state index in [-0.39, 0.29) is 0 Å². The van der Waals surface area contributed by atoms with Gasteiger partial charge in [0.2, 0.25) is 0 Å². The maximum Gasteiger partial charge on any atom is 0.0632 e. The third-order valence-electron chi connectivity index (χ3n) is 2.92. The largest absolute Gasteiger partial charge is 0.380 e. The van der Waals surface area contributed by atoms with Crippen molar-refractivity contribution in [2.24, 2.45) is 5.84 Å². The molecule has 0 heterocycles. The maximum atomic E-state index is 5.46. The Kier molecular flexibility index (Phi) is 12.9. The van der Waals surface area contributed by atoms with Crippen LogP contribution in [0.4, 0.5) is 0 Å². The first-order chi connectivity index (χ1) is 7.85. The fourth-order valence-corrected chi connectivity index (χ4v) is 1.82. The van der Waals surface area contributed by atoms with Crippen LogP contribution in [0.15, 0.2) is 0 Å². The van der Waals surface area contributed by atoms with E-state index < -0.39 is 0 Å². The molecule has 0 aromatic heterocycles. The lowest BCUT2D eigenvalue weighted by molar-refractivity contribution is 0.119. The second-order valence-electron chi connectivity index (χ2n) is 4.43. The van der Waals surface area contributed by atoms with Crippen LogP contribution in [0.5, 0.6) is 0 Å². The van der Waals surface area contributed by atoms with Crippen LogP contribution in [0.3, 0.4) is 0 Å². The van der Waals surface area contributed by atoms with Gasteiger partial charge in [-0.3, -0.25) is 11.3 Å². The van der Waals surface area contributed by atoms with Crippen molar-refractivity contribution in [2.75, 3.05) is 13.2 Å². The summed E-state index contributed by atoms with van der Waals surface area (Å²) in [4.78, 5) is 0. The summed E-state index contributed by atoms with van der Waals surface area (Å²) < 4.78 is 5.35. The predicted molar refractivity (Wildman–Crippen MR) is 70.2 cm³/mol. The van der Waals surface area contributed by atoms with Crippen LogP contribution >= 0.6 is 0 Å². The van der Waals surface area contributed by atoms with Gasteiger partial charge in [0.05, 0.1) is 6.61 Å². The lowest BCUT2D eigenvalue weighted by Gasteiger charge is -2.15. The summed E-state index contributed by atoms with van der Waals surface area (Å²) in [6.07, 6.45) is 10.6. The van der Waals surface area contributed by atoms with Gasteiger partial charge in [0.15, 0.2) is 0 Å². The van der Waals surface area contributed by atoms with Gasteiger partial charge in [-0.25, -0.2) is 0 Å². The van der Waals surface area contributed by atoms with Crippen molar-refractivity contribution in [3.8, 4) is 0 Å². The van der Waals surface area contributed by atoms with E-state index in [0.29, 0.717) is 6.04 Å². The summed E-state index contributed by atoms with van der Waals surface area (Å²) in [7, 11) is 0. The molecular weight excluding hydrogens is 200 g/mol. The van der Waals surface area contributed by atoms with Crippen LogP contribution in [0.25, 0.3) is 0 Å². The third kappa shape index (κ3) is 10.4. The molecule has 0 aromatic rings. The Morgan fingerprint density at radius 2 is 1.62 bits per heavy atom. The zero-order valence-electron chi connectivity index (χ0n) is 11.1. The molecule has 0 spiro atoms. The topological polar surface area (TPSA) is 47.3 Å². The van der Waals surface area contributed by atoms with Crippen LogP contribution in [0.1, 0.15) is 65.2 Å². The molecule has 0 aromatic carbocycles. The molecule has 16 heavy (non-hydrogen) atoms. The third-order valence-corrected chi connectivity index (χ3v) is 2.92. The van der Waals surface area contributed by atoms with Crippen LogP contribution in [0, 0.1) is 0 Å². The normalized spacial score (nSPS) is 12.9. The van der Waals surface area contributed by atoms with Crippen molar-refractivity contribution in [3.63, 3.8) is 0 Å². The Morgan fingerprint density at radius 1 is 1.00 bits per heavy atom. The average molecular weight is 230 g/mol. The van der Waals surface area contributed by atoms with E-state index in [2.05, 4.69) is 12.3 Å². The van der Waals surface area contributed by atoms with Crippen molar-refractivity contribution in [1.29, 1.82) is 0 Å². The fourth-order valence-electron chi connectivity index (χ4n) is 1.82.